The highest BCUT2D eigenvalue weighted by Gasteiger charge is 2.23. The van der Waals surface area contributed by atoms with Crippen molar-refractivity contribution in [3.8, 4) is 5.75 Å². The van der Waals surface area contributed by atoms with Crippen LogP contribution in [0.3, 0.4) is 0 Å². The van der Waals surface area contributed by atoms with E-state index < -0.39 is 0 Å². The number of carbonyl (C=O) groups excluding carboxylic acids is 2. The van der Waals surface area contributed by atoms with Gasteiger partial charge in [0.1, 0.15) is 5.82 Å². The lowest BCUT2D eigenvalue weighted by molar-refractivity contribution is -0.134. The van der Waals surface area contributed by atoms with Gasteiger partial charge in [-0.05, 0) is 60.4 Å². The molecular weight excluding hydrogens is 464 g/mol. The fourth-order valence-electron chi connectivity index (χ4n) is 4.55. The molecule has 0 bridgehead atoms. The molecule has 37 heavy (non-hydrogen) atoms. The molecule has 1 aliphatic heterocycles. The van der Waals surface area contributed by atoms with Gasteiger partial charge in [-0.1, -0.05) is 49.4 Å². The molecule has 7 nitrogen and oxygen atoms in total. The molecule has 7 heteroatoms. The van der Waals surface area contributed by atoms with Crippen molar-refractivity contribution < 1.29 is 14.3 Å². The van der Waals surface area contributed by atoms with Gasteiger partial charge in [-0.3, -0.25) is 9.59 Å². The first-order valence-electron chi connectivity index (χ1n) is 12.7. The molecule has 0 atom stereocenters. The molecular formula is C30H30N4O3. The van der Waals surface area contributed by atoms with Crippen molar-refractivity contribution in [1.29, 1.82) is 0 Å². The second-order valence-corrected chi connectivity index (χ2v) is 9.29. The minimum Gasteiger partial charge on any atom is -0.421 e. The molecule has 4 aromatic rings. The van der Waals surface area contributed by atoms with E-state index >= 15 is 0 Å². The molecule has 1 saturated heterocycles. The van der Waals surface area contributed by atoms with Crippen LogP contribution in [0.5, 0.6) is 5.75 Å². The third-order valence-corrected chi connectivity index (χ3v) is 6.56. The van der Waals surface area contributed by atoms with Crippen LogP contribution < -0.4 is 15.0 Å². The highest BCUT2D eigenvalue weighted by Crippen LogP contribution is 2.32. The number of ether oxygens (including phenoxy) is 1. The Kier molecular flexibility index (Phi) is 7.12. The number of aryl methyl sites for hydroxylation is 1. The summed E-state index contributed by atoms with van der Waals surface area (Å²) < 4.78 is 5.61. The van der Waals surface area contributed by atoms with Gasteiger partial charge in [0, 0.05) is 37.2 Å². The maximum atomic E-state index is 12.8. The van der Waals surface area contributed by atoms with E-state index in [0.29, 0.717) is 41.5 Å². The number of aromatic nitrogens is 2. The highest BCUT2D eigenvalue weighted by atomic mass is 16.5. The number of nitrogens with one attached hydrogen (secondary N) is 1. The number of rotatable bonds is 7. The number of benzene rings is 3. The van der Waals surface area contributed by atoms with Crippen molar-refractivity contribution in [2.24, 2.45) is 0 Å². The summed E-state index contributed by atoms with van der Waals surface area (Å²) in [5.74, 6) is 1.39. The standard InChI is InChI=1S/C30H30N4O3/c1-3-27(35)37-28-20(2)31-26(33-29(28)34-16-6-7-17-34)18-21-10-14-25(15-11-21)32-30(36)24-13-12-22-8-4-5-9-23(22)19-24/h4-5,8-15,19H,3,6-7,16-18H2,1-2H3,(H,32,36). The van der Waals surface area contributed by atoms with Gasteiger partial charge < -0.3 is 15.0 Å². The van der Waals surface area contributed by atoms with Gasteiger partial charge in [0.05, 0.1) is 5.69 Å². The fraction of sp³-hybridized carbons (Fsp3) is 0.267. The van der Waals surface area contributed by atoms with Crippen LogP contribution in [0.1, 0.15) is 53.6 Å². The quantitative estimate of drug-likeness (QED) is 0.332. The molecule has 5 rings (SSSR count). The van der Waals surface area contributed by atoms with Crippen LogP contribution in [0.15, 0.2) is 66.7 Å². The number of hydrogen-bond acceptors (Lipinski definition) is 6. The first-order valence-corrected chi connectivity index (χ1v) is 12.7. The van der Waals surface area contributed by atoms with Crippen LogP contribution in [0, 0.1) is 6.92 Å². The summed E-state index contributed by atoms with van der Waals surface area (Å²) >= 11 is 0. The smallest absolute Gasteiger partial charge is 0.311 e. The molecule has 3 aromatic carbocycles. The van der Waals surface area contributed by atoms with E-state index in [9.17, 15) is 9.59 Å². The van der Waals surface area contributed by atoms with Crippen molar-refractivity contribution >= 4 is 34.2 Å². The second-order valence-electron chi connectivity index (χ2n) is 9.29. The predicted molar refractivity (Wildman–Crippen MR) is 145 cm³/mol. The van der Waals surface area contributed by atoms with E-state index in [1.807, 2.05) is 73.7 Å². The minimum atomic E-state index is -0.291. The molecule has 2 heterocycles. The Morgan fingerprint density at radius 2 is 1.68 bits per heavy atom. The summed E-state index contributed by atoms with van der Waals surface area (Å²) in [6.45, 7) is 5.40. The molecule has 0 aliphatic carbocycles. The summed E-state index contributed by atoms with van der Waals surface area (Å²) in [7, 11) is 0. The average molecular weight is 495 g/mol. The lowest BCUT2D eigenvalue weighted by Gasteiger charge is -2.21. The molecule has 1 aliphatic rings. The summed E-state index contributed by atoms with van der Waals surface area (Å²) in [5, 5.41) is 5.11. The van der Waals surface area contributed by atoms with Gasteiger partial charge in [0.15, 0.2) is 11.6 Å². The maximum Gasteiger partial charge on any atom is 0.311 e. The molecule has 188 valence electrons. The molecule has 1 fully saturated rings. The van der Waals surface area contributed by atoms with Gasteiger partial charge in [-0.15, -0.1) is 0 Å². The largest absolute Gasteiger partial charge is 0.421 e. The molecule has 0 unspecified atom stereocenters. The Labute approximate surface area is 216 Å². The van der Waals surface area contributed by atoms with Crippen LogP contribution in [0.4, 0.5) is 11.5 Å². The van der Waals surface area contributed by atoms with Crippen molar-refractivity contribution in [2.75, 3.05) is 23.3 Å². The Morgan fingerprint density at radius 1 is 0.946 bits per heavy atom. The zero-order valence-corrected chi connectivity index (χ0v) is 21.2. The molecule has 1 N–H and O–H groups in total. The van der Waals surface area contributed by atoms with Crippen LogP contribution >= 0.6 is 0 Å². The van der Waals surface area contributed by atoms with E-state index in [4.69, 9.17) is 9.72 Å². The predicted octanol–water partition coefficient (Wildman–Crippen LogP) is 5.70. The molecule has 0 radical (unpaired) electrons. The SMILES string of the molecule is CCC(=O)Oc1c(C)nc(Cc2ccc(NC(=O)c3ccc4ccccc4c3)cc2)nc1N1CCCC1. The van der Waals surface area contributed by atoms with Gasteiger partial charge >= 0.3 is 5.97 Å². The first kappa shape index (κ1) is 24.4. The number of esters is 1. The number of nitrogens with zero attached hydrogens (tertiary/aromatic N) is 3. The van der Waals surface area contributed by atoms with Crippen molar-refractivity contribution in [1.82, 2.24) is 9.97 Å². The van der Waals surface area contributed by atoms with Crippen LogP contribution in [0.25, 0.3) is 10.8 Å². The van der Waals surface area contributed by atoms with Gasteiger partial charge in [-0.2, -0.15) is 0 Å². The molecule has 1 amide bonds. The van der Waals surface area contributed by atoms with Crippen LogP contribution in [-0.4, -0.2) is 34.9 Å². The Balaban J connectivity index is 1.31. The summed E-state index contributed by atoms with van der Waals surface area (Å²) in [4.78, 5) is 36.4. The molecule has 0 saturated carbocycles. The Morgan fingerprint density at radius 3 is 2.41 bits per heavy atom. The monoisotopic (exact) mass is 494 g/mol. The number of amides is 1. The average Bonchev–Trinajstić information content (AvgIpc) is 3.45. The number of fused-ring (bicyclic) bond motifs is 1. The van der Waals surface area contributed by atoms with Crippen molar-refractivity contribution in [2.45, 2.75) is 39.5 Å². The Hall–Kier alpha value is -4.26. The summed E-state index contributed by atoms with van der Waals surface area (Å²) in [5.41, 5.74) is 3.02. The third kappa shape index (κ3) is 5.61. The third-order valence-electron chi connectivity index (χ3n) is 6.56. The zero-order valence-electron chi connectivity index (χ0n) is 21.2. The van der Waals surface area contributed by atoms with Crippen LogP contribution in [0.2, 0.25) is 0 Å². The topological polar surface area (TPSA) is 84.4 Å². The number of carbonyl (C=O) groups is 2. The van der Waals surface area contributed by atoms with Crippen molar-refractivity contribution in [3.05, 3.63) is 89.4 Å². The van der Waals surface area contributed by atoms with E-state index in [1.54, 1.807) is 6.92 Å². The van der Waals surface area contributed by atoms with Gasteiger partial charge in [0.2, 0.25) is 0 Å². The summed E-state index contributed by atoms with van der Waals surface area (Å²) in [6, 6.07) is 21.4. The summed E-state index contributed by atoms with van der Waals surface area (Å²) in [6.07, 6.45) is 3.00. The van der Waals surface area contributed by atoms with Crippen LogP contribution in [-0.2, 0) is 11.2 Å². The zero-order chi connectivity index (χ0) is 25.8. The minimum absolute atomic E-state index is 0.148. The number of hydrogen-bond donors (Lipinski definition) is 1. The first-order chi connectivity index (χ1) is 18.0. The van der Waals surface area contributed by atoms with Gasteiger partial charge in [-0.25, -0.2) is 9.97 Å². The van der Waals surface area contributed by atoms with E-state index in [2.05, 4.69) is 15.2 Å². The normalized spacial score (nSPS) is 13.1. The fourth-order valence-corrected chi connectivity index (χ4v) is 4.55. The van der Waals surface area contributed by atoms with Crippen molar-refractivity contribution in [3.63, 3.8) is 0 Å². The highest BCUT2D eigenvalue weighted by molar-refractivity contribution is 6.06. The lowest BCUT2D eigenvalue weighted by Crippen LogP contribution is -2.23. The maximum absolute atomic E-state index is 12.8. The Bertz CT molecular complexity index is 1440. The number of anilines is 2. The lowest BCUT2D eigenvalue weighted by atomic mass is 10.1. The molecule has 0 spiro atoms. The second kappa shape index (κ2) is 10.8. The van der Waals surface area contributed by atoms with E-state index in [0.717, 1.165) is 48.0 Å². The van der Waals surface area contributed by atoms with E-state index in [-0.39, 0.29) is 11.9 Å². The van der Waals surface area contributed by atoms with Gasteiger partial charge in [0.25, 0.3) is 5.91 Å². The van der Waals surface area contributed by atoms with E-state index in [1.165, 1.54) is 0 Å². The molecule has 1 aromatic heterocycles.